The van der Waals surface area contributed by atoms with Crippen LogP contribution in [-0.4, -0.2) is 84.7 Å². The number of halogens is 4. The number of carbonyl (C=O) groups excluding carboxylic acids is 1. The number of anilines is 2. The number of ether oxygens (including phenoxy) is 2. The number of piperazine rings is 1. The van der Waals surface area contributed by atoms with Crippen LogP contribution < -0.4 is 20.3 Å². The number of amides is 1. The molecular formula is C36H38ClF3N8O3S. The van der Waals surface area contributed by atoms with Gasteiger partial charge >= 0.3 is 12.1 Å². The fraction of sp³-hybridized carbons (Fsp3) is 0.472. The van der Waals surface area contributed by atoms with Gasteiger partial charge in [-0.15, -0.1) is 11.3 Å². The smallest absolute Gasteiger partial charge is 0.412 e. The van der Waals surface area contributed by atoms with Crippen molar-refractivity contribution in [2.75, 3.05) is 50.1 Å². The van der Waals surface area contributed by atoms with Gasteiger partial charge in [0.1, 0.15) is 40.0 Å². The Hall–Kier alpha value is -4.41. The largest absolute Gasteiger partial charge is 0.467 e. The topological polar surface area (TPSA) is 139 Å². The van der Waals surface area contributed by atoms with E-state index in [2.05, 4.69) is 31.6 Å². The standard InChI is InChI=1S/C29H26ClF2N7O3S.C7H12FN/c1-29(2,3)42-28(40)38-26-17(12-34)20-15(5-6-19(31)24(20)43-26)21-18(30)11-16-23(22(21)32)36-27(41-4)37-25(16)39-10-9-35-14(13-39)7-8-33;8-6-4-7-2-1-3-9(7)5-6/h5-6,11,14,35H,7,9-10,13H2,1-4H3,(H,38,40);6-7H,1-5H2/t14-;/m0./s1. The minimum absolute atomic E-state index is 0.0200. The van der Waals surface area contributed by atoms with Crippen molar-refractivity contribution in [1.29, 1.82) is 10.5 Å². The number of thiophene rings is 1. The summed E-state index contributed by atoms with van der Waals surface area (Å²) in [6.45, 7) is 8.46. The summed E-state index contributed by atoms with van der Waals surface area (Å²) in [5, 5.41) is 25.5. The van der Waals surface area contributed by atoms with Gasteiger partial charge in [0.25, 0.3) is 0 Å². The van der Waals surface area contributed by atoms with Crippen molar-refractivity contribution < 1.29 is 27.4 Å². The number of carbonyl (C=O) groups is 1. The molecule has 7 rings (SSSR count). The van der Waals surface area contributed by atoms with Gasteiger partial charge in [-0.2, -0.15) is 20.5 Å². The Morgan fingerprint density at radius 3 is 2.69 bits per heavy atom. The van der Waals surface area contributed by atoms with Gasteiger partial charge < -0.3 is 19.7 Å². The first kappa shape index (κ1) is 37.4. The lowest BCUT2D eigenvalue weighted by Gasteiger charge is -2.34. The maximum absolute atomic E-state index is 16.6. The van der Waals surface area contributed by atoms with E-state index >= 15 is 8.78 Å². The van der Waals surface area contributed by atoms with Crippen LogP contribution in [0.1, 0.15) is 52.0 Å². The fourth-order valence-corrected chi connectivity index (χ4v) is 8.36. The third-order valence-corrected chi connectivity index (χ3v) is 10.6. The Morgan fingerprint density at radius 2 is 2.00 bits per heavy atom. The number of nitrogens with one attached hydrogen (secondary N) is 2. The van der Waals surface area contributed by atoms with Crippen LogP contribution >= 0.6 is 22.9 Å². The van der Waals surface area contributed by atoms with Gasteiger partial charge in [0, 0.05) is 54.6 Å². The summed E-state index contributed by atoms with van der Waals surface area (Å²) in [6.07, 6.45) is 2.27. The van der Waals surface area contributed by atoms with Gasteiger partial charge in [-0.05, 0) is 64.3 Å². The molecule has 1 amide bonds. The molecule has 0 radical (unpaired) electrons. The third-order valence-electron chi connectivity index (χ3n) is 9.16. The van der Waals surface area contributed by atoms with Crippen LogP contribution in [0.15, 0.2) is 18.2 Å². The van der Waals surface area contributed by atoms with E-state index in [0.29, 0.717) is 43.4 Å². The highest BCUT2D eigenvalue weighted by Gasteiger charge is 2.35. The van der Waals surface area contributed by atoms with Crippen molar-refractivity contribution in [3.63, 3.8) is 0 Å². The number of hydrogen-bond acceptors (Lipinski definition) is 11. The molecular weight excluding hydrogens is 717 g/mol. The highest BCUT2D eigenvalue weighted by atomic mass is 35.5. The van der Waals surface area contributed by atoms with Crippen LogP contribution in [0.2, 0.25) is 5.02 Å². The van der Waals surface area contributed by atoms with Gasteiger partial charge in [-0.1, -0.05) is 17.7 Å². The van der Waals surface area contributed by atoms with E-state index in [1.807, 2.05) is 11.0 Å². The van der Waals surface area contributed by atoms with E-state index in [4.69, 9.17) is 26.3 Å². The van der Waals surface area contributed by atoms with Crippen molar-refractivity contribution in [2.45, 2.75) is 70.3 Å². The van der Waals surface area contributed by atoms with Gasteiger partial charge in [0.2, 0.25) is 0 Å². The van der Waals surface area contributed by atoms with E-state index in [1.165, 1.54) is 32.1 Å². The van der Waals surface area contributed by atoms with Crippen LogP contribution in [0.3, 0.4) is 0 Å². The van der Waals surface area contributed by atoms with Crippen LogP contribution in [0.25, 0.3) is 32.1 Å². The number of benzene rings is 2. The summed E-state index contributed by atoms with van der Waals surface area (Å²) in [4.78, 5) is 25.4. The maximum atomic E-state index is 16.6. The summed E-state index contributed by atoms with van der Waals surface area (Å²) in [6, 6.07) is 8.59. The number of aromatic nitrogens is 2. The number of nitrogens with zero attached hydrogens (tertiary/aromatic N) is 6. The van der Waals surface area contributed by atoms with E-state index in [-0.39, 0.29) is 60.8 Å². The highest BCUT2D eigenvalue weighted by molar-refractivity contribution is 7.23. The molecule has 0 aliphatic carbocycles. The summed E-state index contributed by atoms with van der Waals surface area (Å²) >= 11 is 7.57. The molecule has 5 heterocycles. The number of alkyl halides is 1. The van der Waals surface area contributed by atoms with Crippen molar-refractivity contribution in [2.24, 2.45) is 0 Å². The number of nitriles is 2. The predicted octanol–water partition coefficient (Wildman–Crippen LogP) is 7.55. The van der Waals surface area contributed by atoms with Crippen LogP contribution in [0, 0.1) is 34.3 Å². The Morgan fingerprint density at radius 1 is 1.21 bits per heavy atom. The van der Waals surface area contributed by atoms with E-state index < -0.39 is 29.5 Å². The molecule has 0 bridgehead atoms. The molecule has 2 aromatic carbocycles. The minimum Gasteiger partial charge on any atom is -0.467 e. The first-order valence-electron chi connectivity index (χ1n) is 16.9. The quantitative estimate of drug-likeness (QED) is 0.210. The van der Waals surface area contributed by atoms with E-state index in [9.17, 15) is 14.4 Å². The van der Waals surface area contributed by atoms with Crippen LogP contribution in [0.5, 0.6) is 6.01 Å². The fourth-order valence-electron chi connectivity index (χ4n) is 7.00. The molecule has 3 fully saturated rings. The molecule has 2 aromatic heterocycles. The van der Waals surface area contributed by atoms with Crippen molar-refractivity contribution in [3.8, 4) is 29.3 Å². The average Bonchev–Trinajstić information content (AvgIpc) is 3.78. The molecule has 0 saturated carbocycles. The molecule has 3 saturated heterocycles. The number of methoxy groups -OCH3 is 1. The first-order valence-corrected chi connectivity index (χ1v) is 18.1. The Bertz CT molecular complexity index is 2080. The summed E-state index contributed by atoms with van der Waals surface area (Å²) < 4.78 is 54.9. The molecule has 16 heteroatoms. The summed E-state index contributed by atoms with van der Waals surface area (Å²) in [5.41, 5.74) is -0.932. The number of hydrogen-bond donors (Lipinski definition) is 2. The molecule has 3 aliphatic heterocycles. The van der Waals surface area contributed by atoms with Crippen LogP contribution in [-0.2, 0) is 4.74 Å². The maximum Gasteiger partial charge on any atom is 0.412 e. The van der Waals surface area contributed by atoms with E-state index in [1.54, 1.807) is 20.8 Å². The van der Waals surface area contributed by atoms with Gasteiger partial charge in [0.15, 0.2) is 5.82 Å². The van der Waals surface area contributed by atoms with Gasteiger partial charge in [-0.25, -0.2) is 18.0 Å². The first-order chi connectivity index (χ1) is 24.8. The summed E-state index contributed by atoms with van der Waals surface area (Å²) in [7, 11) is 1.36. The normalized spacial score (nSPS) is 20.2. The highest BCUT2D eigenvalue weighted by Crippen LogP contribution is 2.46. The average molecular weight is 755 g/mol. The minimum atomic E-state index is -0.825. The molecule has 2 N–H and O–H groups in total. The molecule has 52 heavy (non-hydrogen) atoms. The second-order valence-electron chi connectivity index (χ2n) is 13.9. The molecule has 11 nitrogen and oxygen atoms in total. The second-order valence-corrected chi connectivity index (χ2v) is 15.3. The summed E-state index contributed by atoms with van der Waals surface area (Å²) in [5.74, 6) is -1.09. The number of fused-ring (bicyclic) bond motifs is 3. The Labute approximate surface area is 308 Å². The molecule has 3 atom stereocenters. The lowest BCUT2D eigenvalue weighted by molar-refractivity contribution is 0.0636. The molecule has 3 aliphatic rings. The van der Waals surface area contributed by atoms with E-state index in [0.717, 1.165) is 30.4 Å². The molecule has 274 valence electrons. The zero-order valence-electron chi connectivity index (χ0n) is 29.2. The van der Waals surface area contributed by atoms with Gasteiger partial charge in [0.05, 0.1) is 34.9 Å². The predicted molar refractivity (Wildman–Crippen MR) is 195 cm³/mol. The zero-order valence-corrected chi connectivity index (χ0v) is 30.7. The Kier molecular flexibility index (Phi) is 11.0. The molecule has 2 unspecified atom stereocenters. The zero-order chi connectivity index (χ0) is 37.3. The molecule has 4 aromatic rings. The van der Waals surface area contributed by atoms with Crippen molar-refractivity contribution in [3.05, 3.63) is 40.4 Å². The monoisotopic (exact) mass is 754 g/mol. The Balaban J connectivity index is 0.000000444. The SMILES string of the molecule is COc1nc(N2CCN[C@@H](CC#N)C2)c2cc(Cl)c(-c3ccc(F)c4sc(NC(=O)OC(C)(C)C)c(C#N)c34)c(F)c2n1.FC1CC2CCCN2C1. The third kappa shape index (κ3) is 7.69. The second kappa shape index (κ2) is 15.3. The van der Waals surface area contributed by atoms with Crippen molar-refractivity contribution >= 4 is 60.8 Å². The lowest BCUT2D eigenvalue weighted by atomic mass is 9.97. The lowest BCUT2D eigenvalue weighted by Crippen LogP contribution is -2.51. The molecule has 0 spiro atoms. The van der Waals surface area contributed by atoms with Crippen LogP contribution in [0.4, 0.5) is 28.8 Å². The van der Waals surface area contributed by atoms with Crippen molar-refractivity contribution in [1.82, 2.24) is 20.2 Å². The number of rotatable bonds is 5. The van der Waals surface area contributed by atoms with Gasteiger partial charge in [-0.3, -0.25) is 10.2 Å².